The summed E-state index contributed by atoms with van der Waals surface area (Å²) in [7, 11) is 2.85. The monoisotopic (exact) mass is 620 g/mol. The van der Waals surface area contributed by atoms with Gasteiger partial charge in [-0.2, -0.15) is 0 Å². The number of halogens is 1. The van der Waals surface area contributed by atoms with E-state index in [4.69, 9.17) is 35.2 Å². The third-order valence-electron chi connectivity index (χ3n) is 6.87. The summed E-state index contributed by atoms with van der Waals surface area (Å²) in [6.45, 7) is 3.89. The normalized spacial score (nSPS) is 14.7. The minimum Gasteiger partial charge on any atom is -0.496 e. The molecule has 0 radical (unpaired) electrons. The molecule has 222 valence electrons. The van der Waals surface area contributed by atoms with Gasteiger partial charge in [-0.1, -0.05) is 48.4 Å². The summed E-state index contributed by atoms with van der Waals surface area (Å²) in [5, 5.41) is 0.429. The molecule has 1 atom stereocenters. The summed E-state index contributed by atoms with van der Waals surface area (Å²) in [4.78, 5) is 44.4. The smallest absolute Gasteiger partial charge is 0.338 e. The molecule has 1 aliphatic heterocycles. The largest absolute Gasteiger partial charge is 0.496 e. The van der Waals surface area contributed by atoms with Crippen molar-refractivity contribution in [2.75, 3.05) is 20.8 Å². The van der Waals surface area contributed by atoms with Crippen LogP contribution in [0.15, 0.2) is 80.1 Å². The molecule has 0 bridgehead atoms. The van der Waals surface area contributed by atoms with Crippen LogP contribution in [0.3, 0.4) is 0 Å². The first-order valence-electron chi connectivity index (χ1n) is 13.6. The molecule has 2 aromatic heterocycles. The number of ether oxygens (including phenoxy) is 3. The Kier molecular flexibility index (Phi) is 8.98. The minimum atomic E-state index is -0.867. The molecule has 0 unspecified atom stereocenters. The first-order valence-corrected chi connectivity index (χ1v) is 14.8. The number of esters is 2. The quantitative estimate of drug-likeness (QED) is 0.234. The molecule has 0 saturated heterocycles. The third-order valence-corrected chi connectivity index (χ3v) is 8.09. The highest BCUT2D eigenvalue weighted by molar-refractivity contribution is 7.07. The molecule has 0 amide bonds. The lowest BCUT2D eigenvalue weighted by Gasteiger charge is -2.27. The van der Waals surface area contributed by atoms with Gasteiger partial charge < -0.3 is 18.6 Å². The van der Waals surface area contributed by atoms with Gasteiger partial charge in [-0.25, -0.2) is 14.6 Å². The fraction of sp³-hybridized carbons (Fsp3) is 0.250. The molecule has 11 heteroatoms. The standard InChI is InChI=1S/C32H29ClN2O7S/c1-5-7-23-27(31(38)41-6-2)28(22-16-20(33)12-14-25(22)39-3)35-29(36)26(43-32(35)34-23)17-21-13-15-24(42-21)18-8-10-19(11-9-18)30(37)40-4/h8-17,28H,5-7H2,1-4H3/b26-17+/t28-/m1/s1. The molecule has 0 aliphatic carbocycles. The Bertz CT molecular complexity index is 1900. The average molecular weight is 621 g/mol. The van der Waals surface area contributed by atoms with E-state index in [1.54, 1.807) is 67.6 Å². The van der Waals surface area contributed by atoms with Gasteiger partial charge in [-0.15, -0.1) is 0 Å². The number of furan rings is 1. The van der Waals surface area contributed by atoms with E-state index in [1.807, 2.05) is 6.92 Å². The molecule has 3 heterocycles. The van der Waals surface area contributed by atoms with Gasteiger partial charge >= 0.3 is 11.9 Å². The van der Waals surface area contributed by atoms with Crippen molar-refractivity contribution in [1.29, 1.82) is 0 Å². The predicted molar refractivity (Wildman–Crippen MR) is 163 cm³/mol. The fourth-order valence-electron chi connectivity index (χ4n) is 4.94. The van der Waals surface area contributed by atoms with E-state index in [0.29, 0.717) is 54.9 Å². The van der Waals surface area contributed by atoms with Crippen LogP contribution < -0.4 is 19.6 Å². The molecule has 43 heavy (non-hydrogen) atoms. The van der Waals surface area contributed by atoms with Gasteiger partial charge in [-0.05, 0) is 55.8 Å². The molecule has 2 aromatic carbocycles. The number of nitrogens with zero attached hydrogens (tertiary/aromatic N) is 2. The molecule has 0 spiro atoms. The number of carbonyl (C=O) groups excluding carboxylic acids is 2. The van der Waals surface area contributed by atoms with Gasteiger partial charge in [0.25, 0.3) is 5.56 Å². The van der Waals surface area contributed by atoms with Gasteiger partial charge in [0.1, 0.15) is 23.3 Å². The Labute approximate surface area is 256 Å². The summed E-state index contributed by atoms with van der Waals surface area (Å²) < 4.78 is 23.7. The van der Waals surface area contributed by atoms with Crippen LogP contribution >= 0.6 is 22.9 Å². The predicted octanol–water partition coefficient (Wildman–Crippen LogP) is 5.29. The van der Waals surface area contributed by atoms with E-state index in [0.717, 1.165) is 12.0 Å². The van der Waals surface area contributed by atoms with Gasteiger partial charge in [0.2, 0.25) is 0 Å². The van der Waals surface area contributed by atoms with Crippen molar-refractivity contribution in [2.45, 2.75) is 32.7 Å². The fourth-order valence-corrected chi connectivity index (χ4v) is 6.12. The number of aromatic nitrogens is 1. The number of rotatable bonds is 9. The highest BCUT2D eigenvalue weighted by Gasteiger charge is 2.36. The van der Waals surface area contributed by atoms with Crippen molar-refractivity contribution in [1.82, 2.24) is 4.57 Å². The number of allylic oxidation sites excluding steroid dienone is 1. The molecule has 0 fully saturated rings. The molecular weight excluding hydrogens is 592 g/mol. The number of thiazole rings is 1. The number of carbonyl (C=O) groups is 2. The molecular formula is C32H29ClN2O7S. The van der Waals surface area contributed by atoms with Crippen molar-refractivity contribution in [2.24, 2.45) is 4.99 Å². The third kappa shape index (κ3) is 5.93. The van der Waals surface area contributed by atoms with Crippen LogP contribution in [0.5, 0.6) is 5.75 Å². The van der Waals surface area contributed by atoms with Gasteiger partial charge in [0, 0.05) is 22.2 Å². The summed E-state index contributed by atoms with van der Waals surface area (Å²) >= 11 is 7.60. The highest BCUT2D eigenvalue weighted by Crippen LogP contribution is 2.38. The van der Waals surface area contributed by atoms with Crippen molar-refractivity contribution >= 4 is 41.0 Å². The van der Waals surface area contributed by atoms with Gasteiger partial charge in [0.15, 0.2) is 4.80 Å². The number of methoxy groups -OCH3 is 2. The summed E-state index contributed by atoms with van der Waals surface area (Å²) in [5.41, 5.74) is 2.20. The molecule has 4 aromatic rings. The van der Waals surface area contributed by atoms with Crippen molar-refractivity contribution in [3.8, 4) is 17.1 Å². The number of hydrogen-bond donors (Lipinski definition) is 0. The molecule has 5 rings (SSSR count). The minimum absolute atomic E-state index is 0.164. The molecule has 0 saturated carbocycles. The van der Waals surface area contributed by atoms with Crippen LogP contribution in [0.4, 0.5) is 0 Å². The summed E-state index contributed by atoms with van der Waals surface area (Å²) in [5.74, 6) is 0.505. The lowest BCUT2D eigenvalue weighted by atomic mass is 9.93. The van der Waals surface area contributed by atoms with Gasteiger partial charge in [-0.3, -0.25) is 9.36 Å². The van der Waals surface area contributed by atoms with Crippen molar-refractivity contribution < 1.29 is 28.2 Å². The maximum atomic E-state index is 14.0. The van der Waals surface area contributed by atoms with Crippen LogP contribution in [0.1, 0.15) is 54.4 Å². The maximum absolute atomic E-state index is 14.0. The van der Waals surface area contributed by atoms with Crippen LogP contribution in [0, 0.1) is 0 Å². The second kappa shape index (κ2) is 12.8. The van der Waals surface area contributed by atoms with E-state index in [1.165, 1.54) is 30.1 Å². The van der Waals surface area contributed by atoms with E-state index < -0.39 is 18.0 Å². The Balaban J connectivity index is 1.65. The number of fused-ring (bicyclic) bond motifs is 1. The number of benzene rings is 2. The first-order chi connectivity index (χ1) is 20.8. The van der Waals surface area contributed by atoms with Crippen molar-refractivity contribution in [3.05, 3.63) is 107 Å². The second-order valence-corrected chi connectivity index (χ2v) is 11.0. The zero-order valence-electron chi connectivity index (χ0n) is 24.0. The zero-order chi connectivity index (χ0) is 30.7. The van der Waals surface area contributed by atoms with Crippen LogP contribution in [-0.4, -0.2) is 37.3 Å². The lowest BCUT2D eigenvalue weighted by Crippen LogP contribution is -2.40. The summed E-state index contributed by atoms with van der Waals surface area (Å²) in [6.07, 6.45) is 2.89. The second-order valence-electron chi connectivity index (χ2n) is 9.57. The molecule has 9 nitrogen and oxygen atoms in total. The molecule has 0 N–H and O–H groups in total. The Morgan fingerprint density at radius 1 is 1.07 bits per heavy atom. The highest BCUT2D eigenvalue weighted by atomic mass is 35.5. The zero-order valence-corrected chi connectivity index (χ0v) is 25.6. The van der Waals surface area contributed by atoms with E-state index >= 15 is 0 Å². The van der Waals surface area contributed by atoms with E-state index in [-0.39, 0.29) is 17.7 Å². The van der Waals surface area contributed by atoms with Crippen LogP contribution in [0.2, 0.25) is 5.02 Å². The average Bonchev–Trinajstić information content (AvgIpc) is 3.60. The molecule has 1 aliphatic rings. The topological polar surface area (TPSA) is 109 Å². The van der Waals surface area contributed by atoms with Gasteiger partial charge in [0.05, 0.1) is 42.2 Å². The Morgan fingerprint density at radius 2 is 1.84 bits per heavy atom. The van der Waals surface area contributed by atoms with E-state index in [9.17, 15) is 14.4 Å². The SMILES string of the molecule is CCCC1=C(C(=O)OCC)[C@@H](c2cc(Cl)ccc2OC)n2c(s/c(=C/c3ccc(-c4ccc(C(=O)OC)cc4)o3)c2=O)=N1. The maximum Gasteiger partial charge on any atom is 0.338 e. The number of hydrogen-bond acceptors (Lipinski definition) is 9. The van der Waals surface area contributed by atoms with Crippen LogP contribution in [0.25, 0.3) is 17.4 Å². The first kappa shape index (κ1) is 30.1. The Hall–Kier alpha value is -4.41. The Morgan fingerprint density at radius 3 is 2.51 bits per heavy atom. The summed E-state index contributed by atoms with van der Waals surface area (Å²) in [6, 6.07) is 14.6. The lowest BCUT2D eigenvalue weighted by molar-refractivity contribution is -0.139. The van der Waals surface area contributed by atoms with E-state index in [2.05, 4.69) is 0 Å². The van der Waals surface area contributed by atoms with Crippen molar-refractivity contribution in [3.63, 3.8) is 0 Å². The van der Waals surface area contributed by atoms with Crippen LogP contribution in [-0.2, 0) is 14.3 Å².